The first-order chi connectivity index (χ1) is 7.56. The number of anilines is 2. The highest BCUT2D eigenvalue weighted by Crippen LogP contribution is 2.15. The van der Waals surface area contributed by atoms with Crippen molar-refractivity contribution in [3.05, 3.63) is 11.8 Å². The highest BCUT2D eigenvalue weighted by molar-refractivity contribution is 5.43. The van der Waals surface area contributed by atoms with Gasteiger partial charge in [-0.05, 0) is 12.8 Å². The summed E-state index contributed by atoms with van der Waals surface area (Å²) in [7, 11) is 3.92. The predicted octanol–water partition coefficient (Wildman–Crippen LogP) is 2.31. The largest absolute Gasteiger partial charge is 0.359 e. The Morgan fingerprint density at radius 3 is 2.69 bits per heavy atom. The summed E-state index contributed by atoms with van der Waals surface area (Å²) in [4.78, 5) is 10.9. The van der Waals surface area contributed by atoms with E-state index in [-0.39, 0.29) is 0 Å². The molecule has 1 aromatic heterocycles. The zero-order valence-electron chi connectivity index (χ0n) is 10.9. The van der Waals surface area contributed by atoms with E-state index < -0.39 is 0 Å². The van der Waals surface area contributed by atoms with Crippen LogP contribution in [0.15, 0.2) is 6.07 Å². The molecule has 4 nitrogen and oxygen atoms in total. The number of nitrogens with one attached hydrogen (secondary N) is 1. The van der Waals surface area contributed by atoms with Crippen LogP contribution in [-0.4, -0.2) is 30.6 Å². The van der Waals surface area contributed by atoms with Gasteiger partial charge in [0.2, 0.25) is 5.95 Å². The molecule has 1 aromatic rings. The molecule has 0 saturated heterocycles. The summed E-state index contributed by atoms with van der Waals surface area (Å²) in [6, 6.07) is 2.02. The molecular weight excluding hydrogens is 200 g/mol. The predicted molar refractivity (Wildman–Crippen MR) is 69.0 cm³/mol. The van der Waals surface area contributed by atoms with Crippen LogP contribution in [0, 0.1) is 12.8 Å². The Labute approximate surface area is 98.1 Å². The molecule has 1 unspecified atom stereocenters. The SMILES string of the molecule is CCC(C)CN(C)c1cc(C)nc(NC)n1. The highest BCUT2D eigenvalue weighted by Gasteiger charge is 2.08. The van der Waals surface area contributed by atoms with Crippen molar-refractivity contribution in [1.82, 2.24) is 9.97 Å². The summed E-state index contributed by atoms with van der Waals surface area (Å²) in [5.74, 6) is 2.35. The van der Waals surface area contributed by atoms with E-state index in [1.165, 1.54) is 6.42 Å². The molecule has 1 rings (SSSR count). The Kier molecular flexibility index (Phi) is 4.52. The average Bonchev–Trinajstić information content (AvgIpc) is 2.27. The van der Waals surface area contributed by atoms with Crippen LogP contribution >= 0.6 is 0 Å². The number of aryl methyl sites for hydroxylation is 1. The fraction of sp³-hybridized carbons (Fsp3) is 0.667. The van der Waals surface area contributed by atoms with Crippen molar-refractivity contribution in [3.8, 4) is 0 Å². The second-order valence-electron chi connectivity index (χ2n) is 4.34. The third-order valence-corrected chi connectivity index (χ3v) is 2.74. The molecule has 0 saturated carbocycles. The van der Waals surface area contributed by atoms with E-state index in [1.807, 2.05) is 20.0 Å². The lowest BCUT2D eigenvalue weighted by Gasteiger charge is -2.22. The number of aromatic nitrogens is 2. The fourth-order valence-corrected chi connectivity index (χ4v) is 1.55. The molecule has 0 fully saturated rings. The van der Waals surface area contributed by atoms with Crippen molar-refractivity contribution in [2.45, 2.75) is 27.2 Å². The normalized spacial score (nSPS) is 12.3. The summed E-state index contributed by atoms with van der Waals surface area (Å²) >= 11 is 0. The fourth-order valence-electron chi connectivity index (χ4n) is 1.55. The summed E-state index contributed by atoms with van der Waals surface area (Å²) < 4.78 is 0. The topological polar surface area (TPSA) is 41.1 Å². The summed E-state index contributed by atoms with van der Waals surface area (Å²) in [5, 5.41) is 2.98. The minimum absolute atomic E-state index is 0.679. The van der Waals surface area contributed by atoms with Crippen molar-refractivity contribution < 1.29 is 0 Å². The lowest BCUT2D eigenvalue weighted by atomic mass is 10.1. The molecule has 1 N–H and O–H groups in total. The number of rotatable bonds is 5. The molecule has 0 aliphatic rings. The number of nitrogens with zero attached hydrogens (tertiary/aromatic N) is 3. The van der Waals surface area contributed by atoms with Gasteiger partial charge in [-0.1, -0.05) is 20.3 Å². The minimum atomic E-state index is 0.679. The van der Waals surface area contributed by atoms with Gasteiger partial charge in [-0.25, -0.2) is 4.98 Å². The van der Waals surface area contributed by atoms with Crippen molar-refractivity contribution in [2.75, 3.05) is 30.9 Å². The molecule has 90 valence electrons. The van der Waals surface area contributed by atoms with Gasteiger partial charge in [0.1, 0.15) is 5.82 Å². The van der Waals surface area contributed by atoms with Gasteiger partial charge in [-0.3, -0.25) is 0 Å². The number of hydrogen-bond donors (Lipinski definition) is 1. The van der Waals surface area contributed by atoms with Gasteiger partial charge in [-0.15, -0.1) is 0 Å². The van der Waals surface area contributed by atoms with Crippen molar-refractivity contribution >= 4 is 11.8 Å². The molecule has 0 amide bonds. The third-order valence-electron chi connectivity index (χ3n) is 2.74. The first kappa shape index (κ1) is 12.7. The van der Waals surface area contributed by atoms with E-state index >= 15 is 0 Å². The Hall–Kier alpha value is -1.32. The van der Waals surface area contributed by atoms with Gasteiger partial charge >= 0.3 is 0 Å². The van der Waals surface area contributed by atoms with Gasteiger partial charge < -0.3 is 10.2 Å². The molecule has 16 heavy (non-hydrogen) atoms. The monoisotopic (exact) mass is 222 g/mol. The summed E-state index contributed by atoms with van der Waals surface area (Å²) in [5.41, 5.74) is 0.991. The second kappa shape index (κ2) is 5.68. The van der Waals surface area contributed by atoms with E-state index in [1.54, 1.807) is 0 Å². The summed E-state index contributed by atoms with van der Waals surface area (Å²) in [6.07, 6.45) is 1.19. The Morgan fingerprint density at radius 1 is 1.44 bits per heavy atom. The zero-order chi connectivity index (χ0) is 12.1. The molecular formula is C12H22N4. The highest BCUT2D eigenvalue weighted by atomic mass is 15.2. The van der Waals surface area contributed by atoms with Gasteiger partial charge in [0.15, 0.2) is 0 Å². The maximum atomic E-state index is 4.44. The van der Waals surface area contributed by atoms with Gasteiger partial charge in [-0.2, -0.15) is 4.98 Å². The lowest BCUT2D eigenvalue weighted by molar-refractivity contribution is 0.557. The van der Waals surface area contributed by atoms with Crippen LogP contribution in [0.4, 0.5) is 11.8 Å². The van der Waals surface area contributed by atoms with Crippen LogP contribution in [-0.2, 0) is 0 Å². The maximum absolute atomic E-state index is 4.44. The molecule has 0 spiro atoms. The van der Waals surface area contributed by atoms with Crippen LogP contribution in [0.25, 0.3) is 0 Å². The third kappa shape index (κ3) is 3.36. The van der Waals surface area contributed by atoms with Crippen LogP contribution in [0.2, 0.25) is 0 Å². The van der Waals surface area contributed by atoms with Gasteiger partial charge in [0.05, 0.1) is 0 Å². The molecule has 0 aliphatic heterocycles. The van der Waals surface area contributed by atoms with E-state index in [9.17, 15) is 0 Å². The van der Waals surface area contributed by atoms with Crippen molar-refractivity contribution in [3.63, 3.8) is 0 Å². The average molecular weight is 222 g/mol. The molecule has 0 bridgehead atoms. The van der Waals surface area contributed by atoms with E-state index in [4.69, 9.17) is 0 Å². The minimum Gasteiger partial charge on any atom is -0.359 e. The van der Waals surface area contributed by atoms with E-state index in [2.05, 4.69) is 41.1 Å². The lowest BCUT2D eigenvalue weighted by Crippen LogP contribution is -2.25. The maximum Gasteiger partial charge on any atom is 0.224 e. The summed E-state index contributed by atoms with van der Waals surface area (Å²) in [6.45, 7) is 7.48. The molecule has 1 heterocycles. The first-order valence-corrected chi connectivity index (χ1v) is 5.81. The van der Waals surface area contributed by atoms with E-state index in [0.717, 1.165) is 18.1 Å². The first-order valence-electron chi connectivity index (χ1n) is 5.81. The second-order valence-corrected chi connectivity index (χ2v) is 4.34. The molecule has 4 heteroatoms. The van der Waals surface area contributed by atoms with Gasteiger partial charge in [0.25, 0.3) is 0 Å². The van der Waals surface area contributed by atoms with Crippen LogP contribution in [0.1, 0.15) is 26.0 Å². The zero-order valence-corrected chi connectivity index (χ0v) is 10.9. The smallest absolute Gasteiger partial charge is 0.224 e. The van der Waals surface area contributed by atoms with Crippen LogP contribution in [0.3, 0.4) is 0 Å². The Balaban J connectivity index is 2.82. The number of hydrogen-bond acceptors (Lipinski definition) is 4. The van der Waals surface area contributed by atoms with Crippen molar-refractivity contribution in [2.24, 2.45) is 5.92 Å². The van der Waals surface area contributed by atoms with Crippen LogP contribution in [0.5, 0.6) is 0 Å². The van der Waals surface area contributed by atoms with Gasteiger partial charge in [0, 0.05) is 32.4 Å². The van der Waals surface area contributed by atoms with Crippen molar-refractivity contribution in [1.29, 1.82) is 0 Å². The molecule has 0 radical (unpaired) electrons. The standard InChI is InChI=1S/C12H22N4/c1-6-9(2)8-16(5)11-7-10(3)14-12(13-4)15-11/h7,9H,6,8H2,1-5H3,(H,13,14,15). The molecule has 1 atom stereocenters. The van der Waals surface area contributed by atoms with E-state index in [0.29, 0.717) is 11.9 Å². The Morgan fingerprint density at radius 2 is 2.12 bits per heavy atom. The Bertz CT molecular complexity index is 338. The quantitative estimate of drug-likeness (QED) is 0.830. The molecule has 0 aromatic carbocycles. The molecule has 0 aliphatic carbocycles. The van der Waals surface area contributed by atoms with Crippen LogP contribution < -0.4 is 10.2 Å².